The SMILES string of the molecule is Cl.NC1CCOC2(CC2)C1. The number of halogens is 1. The van der Waals surface area contributed by atoms with E-state index in [0.717, 1.165) is 19.4 Å². The topological polar surface area (TPSA) is 35.2 Å². The van der Waals surface area contributed by atoms with Crippen molar-refractivity contribution in [3.05, 3.63) is 0 Å². The van der Waals surface area contributed by atoms with Crippen LogP contribution in [0.2, 0.25) is 0 Å². The van der Waals surface area contributed by atoms with Crippen LogP contribution in [0, 0.1) is 0 Å². The van der Waals surface area contributed by atoms with Gasteiger partial charge in [0.15, 0.2) is 0 Å². The number of hydrogen-bond acceptors (Lipinski definition) is 2. The second kappa shape index (κ2) is 2.68. The second-order valence-corrected chi connectivity index (χ2v) is 3.28. The van der Waals surface area contributed by atoms with Crippen molar-refractivity contribution < 1.29 is 4.74 Å². The van der Waals surface area contributed by atoms with Gasteiger partial charge in [0.2, 0.25) is 0 Å². The van der Waals surface area contributed by atoms with Crippen molar-refractivity contribution in [1.29, 1.82) is 0 Å². The lowest BCUT2D eigenvalue weighted by Gasteiger charge is -2.26. The summed E-state index contributed by atoms with van der Waals surface area (Å²) in [5, 5.41) is 0. The van der Waals surface area contributed by atoms with Crippen molar-refractivity contribution in [3.8, 4) is 0 Å². The van der Waals surface area contributed by atoms with Gasteiger partial charge in [0.25, 0.3) is 0 Å². The van der Waals surface area contributed by atoms with E-state index in [4.69, 9.17) is 10.5 Å². The van der Waals surface area contributed by atoms with Gasteiger partial charge < -0.3 is 10.5 Å². The molecule has 60 valence electrons. The van der Waals surface area contributed by atoms with Crippen LogP contribution < -0.4 is 5.73 Å². The fourth-order valence-corrected chi connectivity index (χ4v) is 1.55. The zero-order valence-corrected chi connectivity index (χ0v) is 6.82. The average Bonchev–Trinajstić information content (AvgIpc) is 2.49. The van der Waals surface area contributed by atoms with Crippen LogP contribution in [-0.4, -0.2) is 18.2 Å². The van der Waals surface area contributed by atoms with Crippen LogP contribution in [-0.2, 0) is 4.74 Å². The first-order chi connectivity index (χ1) is 4.31. The van der Waals surface area contributed by atoms with Gasteiger partial charge in [-0.2, -0.15) is 0 Å². The highest BCUT2D eigenvalue weighted by atomic mass is 35.5. The Morgan fingerprint density at radius 3 is 2.50 bits per heavy atom. The Balaban J connectivity index is 0.000000500. The Hall–Kier alpha value is 0.210. The summed E-state index contributed by atoms with van der Waals surface area (Å²) in [5.41, 5.74) is 6.05. The molecule has 0 radical (unpaired) electrons. The van der Waals surface area contributed by atoms with Gasteiger partial charge in [-0.3, -0.25) is 0 Å². The number of rotatable bonds is 0. The van der Waals surface area contributed by atoms with E-state index >= 15 is 0 Å². The first-order valence-corrected chi connectivity index (χ1v) is 3.70. The van der Waals surface area contributed by atoms with E-state index in [1.54, 1.807) is 0 Å². The molecule has 1 saturated heterocycles. The normalized spacial score (nSPS) is 35.1. The third-order valence-corrected chi connectivity index (χ3v) is 2.34. The first-order valence-electron chi connectivity index (χ1n) is 3.70. The lowest BCUT2D eigenvalue weighted by Crippen LogP contribution is -2.35. The number of ether oxygens (including phenoxy) is 1. The second-order valence-electron chi connectivity index (χ2n) is 3.28. The molecule has 2 nitrogen and oxygen atoms in total. The van der Waals surface area contributed by atoms with Crippen molar-refractivity contribution in [1.82, 2.24) is 0 Å². The molecule has 2 fully saturated rings. The summed E-state index contributed by atoms with van der Waals surface area (Å²) in [4.78, 5) is 0. The summed E-state index contributed by atoms with van der Waals surface area (Å²) in [7, 11) is 0. The van der Waals surface area contributed by atoms with Crippen LogP contribution >= 0.6 is 12.4 Å². The highest BCUT2D eigenvalue weighted by Gasteiger charge is 2.46. The molecule has 0 aromatic carbocycles. The fourth-order valence-electron chi connectivity index (χ4n) is 1.55. The molecular weight excluding hydrogens is 150 g/mol. The zero-order chi connectivity index (χ0) is 6.32. The molecule has 1 unspecified atom stereocenters. The smallest absolute Gasteiger partial charge is 0.0699 e. The van der Waals surface area contributed by atoms with Crippen molar-refractivity contribution in [2.75, 3.05) is 6.61 Å². The molecule has 1 spiro atoms. The molecule has 0 amide bonds. The van der Waals surface area contributed by atoms with Crippen LogP contribution in [0.15, 0.2) is 0 Å². The summed E-state index contributed by atoms with van der Waals surface area (Å²) < 4.78 is 5.57. The largest absolute Gasteiger partial charge is 0.375 e. The summed E-state index contributed by atoms with van der Waals surface area (Å²) in [6.45, 7) is 0.890. The van der Waals surface area contributed by atoms with E-state index in [0.29, 0.717) is 6.04 Å². The van der Waals surface area contributed by atoms with Crippen LogP contribution in [0.1, 0.15) is 25.7 Å². The maximum absolute atomic E-state index is 5.77. The molecule has 2 aliphatic rings. The van der Waals surface area contributed by atoms with Crippen molar-refractivity contribution in [3.63, 3.8) is 0 Å². The van der Waals surface area contributed by atoms with Gasteiger partial charge in [-0.15, -0.1) is 12.4 Å². The maximum Gasteiger partial charge on any atom is 0.0699 e. The summed E-state index contributed by atoms with van der Waals surface area (Å²) in [5.74, 6) is 0. The Morgan fingerprint density at radius 2 is 2.10 bits per heavy atom. The lowest BCUT2D eigenvalue weighted by atomic mass is 10.0. The van der Waals surface area contributed by atoms with Gasteiger partial charge in [0.1, 0.15) is 0 Å². The van der Waals surface area contributed by atoms with Crippen LogP contribution in [0.4, 0.5) is 0 Å². The van der Waals surface area contributed by atoms with Crippen LogP contribution in [0.5, 0.6) is 0 Å². The molecule has 1 aliphatic carbocycles. The average molecular weight is 164 g/mol. The summed E-state index contributed by atoms with van der Waals surface area (Å²) in [6, 6.07) is 0.418. The van der Waals surface area contributed by atoms with Gasteiger partial charge in [0, 0.05) is 12.6 Å². The molecule has 1 aliphatic heterocycles. The van der Waals surface area contributed by atoms with Crippen LogP contribution in [0.3, 0.4) is 0 Å². The van der Waals surface area contributed by atoms with Gasteiger partial charge >= 0.3 is 0 Å². The van der Waals surface area contributed by atoms with Crippen molar-refractivity contribution in [2.24, 2.45) is 5.73 Å². The Labute approximate surface area is 67.5 Å². The molecule has 1 saturated carbocycles. The molecule has 0 aromatic heterocycles. The van der Waals surface area contributed by atoms with Crippen LogP contribution in [0.25, 0.3) is 0 Å². The maximum atomic E-state index is 5.77. The zero-order valence-electron chi connectivity index (χ0n) is 6.01. The highest BCUT2D eigenvalue weighted by molar-refractivity contribution is 5.85. The van der Waals surface area contributed by atoms with E-state index < -0.39 is 0 Å². The monoisotopic (exact) mass is 163 g/mol. The van der Waals surface area contributed by atoms with Gasteiger partial charge in [-0.05, 0) is 25.7 Å². The van der Waals surface area contributed by atoms with Gasteiger partial charge in [0.05, 0.1) is 5.60 Å². The predicted molar refractivity (Wildman–Crippen MR) is 42.4 cm³/mol. The Bertz CT molecular complexity index is 125. The molecular formula is C7H14ClNO. The minimum absolute atomic E-state index is 0. The third-order valence-electron chi connectivity index (χ3n) is 2.34. The fraction of sp³-hybridized carbons (Fsp3) is 1.00. The van der Waals surface area contributed by atoms with E-state index in [2.05, 4.69) is 0 Å². The molecule has 2 rings (SSSR count). The third kappa shape index (κ3) is 1.44. The quantitative estimate of drug-likeness (QED) is 0.580. The molecule has 0 bridgehead atoms. The minimum Gasteiger partial charge on any atom is -0.375 e. The summed E-state index contributed by atoms with van der Waals surface area (Å²) in [6.07, 6.45) is 4.66. The van der Waals surface area contributed by atoms with E-state index in [9.17, 15) is 0 Å². The van der Waals surface area contributed by atoms with Gasteiger partial charge in [-0.1, -0.05) is 0 Å². The van der Waals surface area contributed by atoms with E-state index in [-0.39, 0.29) is 18.0 Å². The molecule has 0 aromatic rings. The number of nitrogens with two attached hydrogens (primary N) is 1. The highest BCUT2D eigenvalue weighted by Crippen LogP contribution is 2.45. The van der Waals surface area contributed by atoms with Crippen molar-refractivity contribution in [2.45, 2.75) is 37.3 Å². The van der Waals surface area contributed by atoms with Crippen molar-refractivity contribution >= 4 is 12.4 Å². The standard InChI is InChI=1S/C7H13NO.ClH/c8-6-1-4-9-7(5-6)2-3-7;/h6H,1-5,8H2;1H. The van der Waals surface area contributed by atoms with E-state index in [1.807, 2.05) is 0 Å². The first kappa shape index (κ1) is 8.31. The van der Waals surface area contributed by atoms with Gasteiger partial charge in [-0.25, -0.2) is 0 Å². The molecule has 1 atom stereocenters. The molecule has 10 heavy (non-hydrogen) atoms. The minimum atomic E-state index is 0. The Kier molecular flexibility index (Phi) is 2.23. The molecule has 2 N–H and O–H groups in total. The molecule has 1 heterocycles. The number of hydrogen-bond donors (Lipinski definition) is 1. The Morgan fingerprint density at radius 1 is 1.40 bits per heavy atom. The lowest BCUT2D eigenvalue weighted by molar-refractivity contribution is -0.0117. The molecule has 3 heteroatoms. The summed E-state index contributed by atoms with van der Waals surface area (Å²) >= 11 is 0. The van der Waals surface area contributed by atoms with E-state index in [1.165, 1.54) is 12.8 Å². The predicted octanol–water partition coefficient (Wildman–Crippen LogP) is 1.08.